The Labute approximate surface area is 174 Å². The van der Waals surface area contributed by atoms with E-state index in [-0.39, 0.29) is 29.0 Å². The molecular weight excluding hydrogens is 382 g/mol. The number of ether oxygens (including phenoxy) is 1. The molecule has 3 heterocycles. The molecule has 1 saturated carbocycles. The summed E-state index contributed by atoms with van der Waals surface area (Å²) in [5.74, 6) is 0.188. The SMILES string of the molecule is CCn1cc(C(=O)NC2CCC(Oc3cnccn3)CC2)c(=O)c2ccc(C)nc21. The molecule has 30 heavy (non-hydrogen) atoms. The Bertz CT molecular complexity index is 1100. The first-order valence-electron chi connectivity index (χ1n) is 10.3. The van der Waals surface area contributed by atoms with Crippen molar-refractivity contribution >= 4 is 16.9 Å². The van der Waals surface area contributed by atoms with E-state index in [1.54, 1.807) is 36.9 Å². The van der Waals surface area contributed by atoms with Gasteiger partial charge in [0.2, 0.25) is 11.3 Å². The summed E-state index contributed by atoms with van der Waals surface area (Å²) in [5, 5.41) is 3.50. The Morgan fingerprint density at radius 3 is 2.73 bits per heavy atom. The average Bonchev–Trinajstić information content (AvgIpc) is 2.76. The van der Waals surface area contributed by atoms with E-state index in [9.17, 15) is 9.59 Å². The predicted molar refractivity (Wildman–Crippen MR) is 113 cm³/mol. The van der Waals surface area contributed by atoms with E-state index in [2.05, 4.69) is 20.3 Å². The molecule has 4 rings (SSSR count). The fourth-order valence-electron chi connectivity index (χ4n) is 3.87. The van der Waals surface area contributed by atoms with Gasteiger partial charge < -0.3 is 14.6 Å². The van der Waals surface area contributed by atoms with Crippen LogP contribution in [0.4, 0.5) is 0 Å². The number of pyridine rings is 2. The standard InChI is InChI=1S/C22H25N5O3/c1-3-27-13-18(20(28)17-9-4-14(2)25-21(17)27)22(29)26-15-5-7-16(8-6-15)30-19-12-23-10-11-24-19/h4,9-13,15-16H,3,5-8H2,1-2H3,(H,26,29). The van der Waals surface area contributed by atoms with Gasteiger partial charge in [-0.05, 0) is 51.7 Å². The summed E-state index contributed by atoms with van der Waals surface area (Å²) >= 11 is 0. The summed E-state index contributed by atoms with van der Waals surface area (Å²) in [6, 6.07) is 3.56. The molecule has 0 bridgehead atoms. The summed E-state index contributed by atoms with van der Waals surface area (Å²) in [6.07, 6.45) is 9.67. The number of nitrogens with one attached hydrogen (secondary N) is 1. The van der Waals surface area contributed by atoms with Crippen LogP contribution in [0.5, 0.6) is 5.88 Å². The van der Waals surface area contributed by atoms with Gasteiger partial charge in [-0.15, -0.1) is 0 Å². The van der Waals surface area contributed by atoms with Crippen molar-refractivity contribution in [3.8, 4) is 5.88 Å². The first kappa shape index (κ1) is 20.0. The van der Waals surface area contributed by atoms with Gasteiger partial charge in [0.05, 0.1) is 11.6 Å². The number of carbonyl (C=O) groups excluding carboxylic acids is 1. The molecule has 1 N–H and O–H groups in total. The van der Waals surface area contributed by atoms with Crippen LogP contribution >= 0.6 is 0 Å². The summed E-state index contributed by atoms with van der Waals surface area (Å²) < 4.78 is 7.71. The largest absolute Gasteiger partial charge is 0.473 e. The van der Waals surface area contributed by atoms with Gasteiger partial charge >= 0.3 is 0 Å². The lowest BCUT2D eigenvalue weighted by Crippen LogP contribution is -2.41. The van der Waals surface area contributed by atoms with E-state index in [4.69, 9.17) is 4.74 Å². The molecule has 1 amide bonds. The molecule has 0 unspecified atom stereocenters. The van der Waals surface area contributed by atoms with Crippen molar-refractivity contribution in [1.29, 1.82) is 0 Å². The van der Waals surface area contributed by atoms with Crippen LogP contribution in [0.25, 0.3) is 11.0 Å². The maximum atomic E-state index is 12.9. The normalized spacial score (nSPS) is 18.9. The molecule has 1 aliphatic carbocycles. The van der Waals surface area contributed by atoms with Crippen molar-refractivity contribution in [1.82, 2.24) is 24.8 Å². The third kappa shape index (κ3) is 4.17. The van der Waals surface area contributed by atoms with Crippen molar-refractivity contribution < 1.29 is 9.53 Å². The maximum Gasteiger partial charge on any atom is 0.256 e. The molecule has 0 aromatic carbocycles. The van der Waals surface area contributed by atoms with E-state index in [0.29, 0.717) is 23.5 Å². The Kier molecular flexibility index (Phi) is 5.74. The van der Waals surface area contributed by atoms with E-state index >= 15 is 0 Å². The fraction of sp³-hybridized carbons (Fsp3) is 0.409. The number of fused-ring (bicyclic) bond motifs is 1. The zero-order chi connectivity index (χ0) is 21.1. The number of hydrogen-bond donors (Lipinski definition) is 1. The summed E-state index contributed by atoms with van der Waals surface area (Å²) in [4.78, 5) is 38.4. The van der Waals surface area contributed by atoms with Crippen LogP contribution in [0.1, 0.15) is 48.7 Å². The van der Waals surface area contributed by atoms with E-state index in [1.165, 1.54) is 0 Å². The molecule has 0 radical (unpaired) electrons. The molecular formula is C22H25N5O3. The predicted octanol–water partition coefficient (Wildman–Crippen LogP) is 2.63. The lowest BCUT2D eigenvalue weighted by molar-refractivity contribution is 0.0888. The van der Waals surface area contributed by atoms with Gasteiger partial charge in [0.25, 0.3) is 5.91 Å². The third-order valence-corrected chi connectivity index (χ3v) is 5.48. The van der Waals surface area contributed by atoms with Crippen LogP contribution in [-0.4, -0.2) is 37.6 Å². The van der Waals surface area contributed by atoms with E-state index in [1.807, 2.05) is 18.4 Å². The fourth-order valence-corrected chi connectivity index (χ4v) is 3.87. The molecule has 0 saturated heterocycles. The number of rotatable bonds is 5. The summed E-state index contributed by atoms with van der Waals surface area (Å²) in [6.45, 7) is 4.47. The van der Waals surface area contributed by atoms with Crippen molar-refractivity contribution in [2.24, 2.45) is 0 Å². The molecule has 3 aromatic rings. The van der Waals surface area contributed by atoms with Crippen LogP contribution < -0.4 is 15.5 Å². The van der Waals surface area contributed by atoms with Crippen LogP contribution in [-0.2, 0) is 6.54 Å². The zero-order valence-electron chi connectivity index (χ0n) is 17.2. The summed E-state index contributed by atoms with van der Waals surface area (Å²) in [5.41, 5.74) is 1.33. The molecule has 1 aliphatic rings. The minimum absolute atomic E-state index is 0.0144. The summed E-state index contributed by atoms with van der Waals surface area (Å²) in [7, 11) is 0. The van der Waals surface area contributed by atoms with Gasteiger partial charge in [-0.1, -0.05) is 0 Å². The molecule has 0 aliphatic heterocycles. The van der Waals surface area contributed by atoms with Crippen molar-refractivity contribution in [3.63, 3.8) is 0 Å². The highest BCUT2D eigenvalue weighted by atomic mass is 16.5. The Morgan fingerprint density at radius 1 is 1.23 bits per heavy atom. The van der Waals surface area contributed by atoms with Gasteiger partial charge in [0.15, 0.2) is 0 Å². The Morgan fingerprint density at radius 2 is 2.03 bits per heavy atom. The Balaban J connectivity index is 1.44. The number of amides is 1. The maximum absolute atomic E-state index is 12.9. The molecule has 3 aromatic heterocycles. The molecule has 0 atom stereocenters. The minimum atomic E-state index is -0.331. The van der Waals surface area contributed by atoms with E-state index < -0.39 is 0 Å². The second-order valence-electron chi connectivity index (χ2n) is 7.59. The number of aryl methyl sites for hydroxylation is 2. The highest BCUT2D eigenvalue weighted by molar-refractivity contribution is 5.97. The van der Waals surface area contributed by atoms with Crippen molar-refractivity contribution in [2.75, 3.05) is 0 Å². The Hall–Kier alpha value is -3.29. The number of aromatic nitrogens is 4. The van der Waals surface area contributed by atoms with Crippen molar-refractivity contribution in [3.05, 3.63) is 58.4 Å². The second kappa shape index (κ2) is 8.61. The topological polar surface area (TPSA) is 99.0 Å². The first-order valence-corrected chi connectivity index (χ1v) is 10.3. The van der Waals surface area contributed by atoms with Gasteiger partial charge in [-0.2, -0.15) is 0 Å². The zero-order valence-corrected chi connectivity index (χ0v) is 17.2. The van der Waals surface area contributed by atoms with Crippen LogP contribution in [0, 0.1) is 6.92 Å². The lowest BCUT2D eigenvalue weighted by atomic mass is 9.92. The molecule has 1 fully saturated rings. The van der Waals surface area contributed by atoms with Gasteiger partial charge in [0.1, 0.15) is 17.3 Å². The van der Waals surface area contributed by atoms with Gasteiger partial charge in [-0.3, -0.25) is 14.6 Å². The third-order valence-electron chi connectivity index (χ3n) is 5.48. The molecule has 8 nitrogen and oxygen atoms in total. The number of hydrogen-bond acceptors (Lipinski definition) is 6. The molecule has 8 heteroatoms. The minimum Gasteiger partial charge on any atom is -0.473 e. The van der Waals surface area contributed by atoms with Crippen LogP contribution in [0.15, 0.2) is 41.7 Å². The molecule has 0 spiro atoms. The molecule has 156 valence electrons. The average molecular weight is 407 g/mol. The first-order chi connectivity index (χ1) is 14.5. The highest BCUT2D eigenvalue weighted by Gasteiger charge is 2.25. The van der Waals surface area contributed by atoms with Gasteiger partial charge in [0, 0.05) is 36.9 Å². The lowest BCUT2D eigenvalue weighted by Gasteiger charge is -2.29. The quantitative estimate of drug-likeness (QED) is 0.698. The van der Waals surface area contributed by atoms with Crippen molar-refractivity contribution in [2.45, 2.75) is 58.2 Å². The van der Waals surface area contributed by atoms with Crippen LogP contribution in [0.3, 0.4) is 0 Å². The number of carbonyl (C=O) groups is 1. The smallest absolute Gasteiger partial charge is 0.256 e. The number of nitrogens with zero attached hydrogens (tertiary/aromatic N) is 4. The van der Waals surface area contributed by atoms with Crippen LogP contribution in [0.2, 0.25) is 0 Å². The monoisotopic (exact) mass is 407 g/mol. The van der Waals surface area contributed by atoms with Gasteiger partial charge in [-0.25, -0.2) is 9.97 Å². The highest BCUT2D eigenvalue weighted by Crippen LogP contribution is 2.23. The second-order valence-corrected chi connectivity index (χ2v) is 7.59. The van der Waals surface area contributed by atoms with E-state index in [0.717, 1.165) is 31.4 Å².